The predicted octanol–water partition coefficient (Wildman–Crippen LogP) is 2.39. The molecule has 1 heterocycles. The minimum atomic E-state index is -3.97. The molecule has 0 aliphatic heterocycles. The lowest BCUT2D eigenvalue weighted by atomic mass is 10.1. The van der Waals surface area contributed by atoms with E-state index in [1.54, 1.807) is 19.9 Å². The Morgan fingerprint density at radius 1 is 1.08 bits per heavy atom. The van der Waals surface area contributed by atoms with E-state index in [4.69, 9.17) is 9.62 Å². The minimum Gasteiger partial charge on any atom is -0.456 e. The molecule has 0 aliphatic carbocycles. The average Bonchev–Trinajstić information content (AvgIpc) is 2.96. The lowest BCUT2D eigenvalue weighted by molar-refractivity contribution is -0.131. The Kier molecular flexibility index (Phi) is 4.51. The first-order valence-electron chi connectivity index (χ1n) is 7.71. The quantitative estimate of drug-likeness (QED) is 0.477. The number of nitrogens with one attached hydrogen (secondary N) is 2. The predicted molar refractivity (Wildman–Crippen MR) is 92.6 cm³/mol. The molecule has 8 heteroatoms. The molecule has 3 rings (SSSR count). The Labute approximate surface area is 144 Å². The van der Waals surface area contributed by atoms with E-state index in [9.17, 15) is 13.2 Å². The third kappa shape index (κ3) is 3.23. The Hall–Kier alpha value is -2.42. The van der Waals surface area contributed by atoms with Crippen LogP contribution in [0.25, 0.3) is 21.9 Å². The number of fused-ring (bicyclic) bond motifs is 3. The van der Waals surface area contributed by atoms with Gasteiger partial charge in [-0.05, 0) is 24.1 Å². The smallest absolute Gasteiger partial charge is 0.261 e. The van der Waals surface area contributed by atoms with Gasteiger partial charge in [-0.15, -0.1) is 0 Å². The number of carbonyl (C=O) groups is 1. The molecule has 25 heavy (non-hydrogen) atoms. The molecular weight excluding hydrogens is 344 g/mol. The normalized spacial score (nSPS) is 13.4. The summed E-state index contributed by atoms with van der Waals surface area (Å²) >= 11 is 0. The van der Waals surface area contributed by atoms with Crippen molar-refractivity contribution in [1.82, 2.24) is 10.2 Å². The highest BCUT2D eigenvalue weighted by Crippen LogP contribution is 2.30. The van der Waals surface area contributed by atoms with Gasteiger partial charge < -0.3 is 4.42 Å². The van der Waals surface area contributed by atoms with Gasteiger partial charge in [-0.2, -0.15) is 4.72 Å². The third-order valence-electron chi connectivity index (χ3n) is 4.00. The molecule has 2 aromatic carbocycles. The highest BCUT2D eigenvalue weighted by Gasteiger charge is 2.28. The van der Waals surface area contributed by atoms with Crippen molar-refractivity contribution in [3.63, 3.8) is 0 Å². The van der Waals surface area contributed by atoms with E-state index in [1.165, 1.54) is 17.6 Å². The Balaban J connectivity index is 2.02. The second-order valence-electron chi connectivity index (χ2n) is 6.08. The van der Waals surface area contributed by atoms with Gasteiger partial charge in [0.2, 0.25) is 10.0 Å². The highest BCUT2D eigenvalue weighted by atomic mass is 32.2. The number of para-hydroxylation sites is 1. The zero-order chi connectivity index (χ0) is 18.2. The topological polar surface area (TPSA) is 109 Å². The summed E-state index contributed by atoms with van der Waals surface area (Å²) in [5, 5.41) is 10.5. The fourth-order valence-corrected chi connectivity index (χ4v) is 4.03. The lowest BCUT2D eigenvalue weighted by Crippen LogP contribution is -2.48. The van der Waals surface area contributed by atoms with Crippen molar-refractivity contribution in [2.75, 3.05) is 0 Å². The number of hydrogen-bond donors (Lipinski definition) is 3. The van der Waals surface area contributed by atoms with Gasteiger partial charge >= 0.3 is 0 Å². The first kappa shape index (κ1) is 17.4. The first-order valence-corrected chi connectivity index (χ1v) is 9.19. The number of amides is 1. The van der Waals surface area contributed by atoms with E-state index in [-0.39, 0.29) is 10.8 Å². The zero-order valence-corrected chi connectivity index (χ0v) is 14.5. The van der Waals surface area contributed by atoms with E-state index in [0.717, 1.165) is 10.8 Å². The van der Waals surface area contributed by atoms with Gasteiger partial charge in [0.15, 0.2) is 0 Å². The second-order valence-corrected chi connectivity index (χ2v) is 7.79. The summed E-state index contributed by atoms with van der Waals surface area (Å²) in [5.41, 5.74) is 2.59. The van der Waals surface area contributed by atoms with Gasteiger partial charge in [-0.1, -0.05) is 32.0 Å². The van der Waals surface area contributed by atoms with E-state index < -0.39 is 22.0 Å². The van der Waals surface area contributed by atoms with Crippen molar-refractivity contribution < 1.29 is 22.8 Å². The molecule has 0 saturated carbocycles. The molecule has 0 bridgehead atoms. The lowest BCUT2D eigenvalue weighted by Gasteiger charge is -2.20. The number of rotatable bonds is 5. The molecule has 132 valence electrons. The highest BCUT2D eigenvalue weighted by molar-refractivity contribution is 7.89. The minimum absolute atomic E-state index is 0.0181. The van der Waals surface area contributed by atoms with Crippen molar-refractivity contribution in [1.29, 1.82) is 0 Å². The molecule has 0 unspecified atom stereocenters. The molecule has 1 atom stereocenters. The summed E-state index contributed by atoms with van der Waals surface area (Å²) in [7, 11) is -3.97. The maximum atomic E-state index is 12.6. The molecule has 3 aromatic rings. The van der Waals surface area contributed by atoms with Gasteiger partial charge in [-0.25, -0.2) is 13.9 Å². The van der Waals surface area contributed by atoms with Crippen molar-refractivity contribution in [3.8, 4) is 0 Å². The Bertz CT molecular complexity index is 1040. The number of hydrogen-bond acceptors (Lipinski definition) is 5. The summed E-state index contributed by atoms with van der Waals surface area (Å²) in [6.45, 7) is 3.34. The maximum Gasteiger partial charge on any atom is 0.261 e. The SMILES string of the molecule is CC(C)[C@@H](NS(=O)(=O)c1ccc2c(c1)oc1ccccc12)C(=O)NO. The van der Waals surface area contributed by atoms with Crippen LogP contribution in [0.3, 0.4) is 0 Å². The van der Waals surface area contributed by atoms with Crippen LogP contribution in [0.4, 0.5) is 0 Å². The number of furan rings is 1. The van der Waals surface area contributed by atoms with Gasteiger partial charge in [0.25, 0.3) is 5.91 Å². The Morgan fingerprint density at radius 2 is 1.76 bits per heavy atom. The molecule has 1 aromatic heterocycles. The van der Waals surface area contributed by atoms with Crippen LogP contribution in [0.5, 0.6) is 0 Å². The number of carbonyl (C=O) groups excluding carboxylic acids is 1. The van der Waals surface area contributed by atoms with Crippen LogP contribution in [0.1, 0.15) is 13.8 Å². The van der Waals surface area contributed by atoms with Gasteiger partial charge in [0.05, 0.1) is 4.90 Å². The third-order valence-corrected chi connectivity index (χ3v) is 5.44. The fourth-order valence-electron chi connectivity index (χ4n) is 2.67. The van der Waals surface area contributed by atoms with E-state index in [0.29, 0.717) is 11.2 Å². The fraction of sp³-hybridized carbons (Fsp3) is 0.235. The summed E-state index contributed by atoms with van der Waals surface area (Å²) in [6.07, 6.45) is 0. The maximum absolute atomic E-state index is 12.6. The van der Waals surface area contributed by atoms with Crippen LogP contribution in [-0.4, -0.2) is 25.6 Å². The summed E-state index contributed by atoms with van der Waals surface area (Å²) in [6, 6.07) is 10.9. The van der Waals surface area contributed by atoms with Crippen LogP contribution >= 0.6 is 0 Å². The number of benzene rings is 2. The molecule has 7 nitrogen and oxygen atoms in total. The first-order chi connectivity index (χ1) is 11.8. The van der Waals surface area contributed by atoms with E-state index in [1.807, 2.05) is 24.3 Å². The molecule has 0 fully saturated rings. The van der Waals surface area contributed by atoms with Gasteiger partial charge in [0, 0.05) is 16.8 Å². The summed E-state index contributed by atoms with van der Waals surface area (Å²) in [5.74, 6) is -1.17. The van der Waals surface area contributed by atoms with Crippen molar-refractivity contribution in [2.24, 2.45) is 5.92 Å². The van der Waals surface area contributed by atoms with Crippen LogP contribution < -0.4 is 10.2 Å². The summed E-state index contributed by atoms with van der Waals surface area (Å²) < 4.78 is 33.2. The van der Waals surface area contributed by atoms with E-state index in [2.05, 4.69) is 4.72 Å². The van der Waals surface area contributed by atoms with E-state index >= 15 is 0 Å². The molecular formula is C17H18N2O5S. The number of hydroxylamine groups is 1. The average molecular weight is 362 g/mol. The van der Waals surface area contributed by atoms with Crippen LogP contribution in [0.2, 0.25) is 0 Å². The van der Waals surface area contributed by atoms with Gasteiger partial charge in [-0.3, -0.25) is 10.0 Å². The molecule has 3 N–H and O–H groups in total. The van der Waals surface area contributed by atoms with Crippen LogP contribution in [0.15, 0.2) is 51.8 Å². The molecule has 1 amide bonds. The van der Waals surface area contributed by atoms with Gasteiger partial charge in [0.1, 0.15) is 17.2 Å². The monoisotopic (exact) mass is 362 g/mol. The van der Waals surface area contributed by atoms with Crippen molar-refractivity contribution in [3.05, 3.63) is 42.5 Å². The van der Waals surface area contributed by atoms with Crippen molar-refractivity contribution >= 4 is 37.9 Å². The van der Waals surface area contributed by atoms with Crippen LogP contribution in [-0.2, 0) is 14.8 Å². The summed E-state index contributed by atoms with van der Waals surface area (Å²) in [4.78, 5) is 11.7. The molecule has 0 aliphatic rings. The largest absolute Gasteiger partial charge is 0.456 e. The molecule has 0 radical (unpaired) electrons. The Morgan fingerprint density at radius 3 is 2.44 bits per heavy atom. The van der Waals surface area contributed by atoms with Crippen molar-refractivity contribution in [2.45, 2.75) is 24.8 Å². The number of sulfonamides is 1. The standard InChI is InChI=1S/C17H18N2O5S/c1-10(2)16(17(20)18-21)19-25(22,23)11-7-8-13-12-5-3-4-6-14(12)24-15(13)9-11/h3-10,16,19,21H,1-2H3,(H,18,20)/t16-/m1/s1. The molecule has 0 spiro atoms. The zero-order valence-electron chi connectivity index (χ0n) is 13.7. The molecule has 0 saturated heterocycles. The second kappa shape index (κ2) is 6.47. The van der Waals surface area contributed by atoms with Crippen LogP contribution in [0, 0.1) is 5.92 Å².